The molecule has 0 unspecified atom stereocenters. The van der Waals surface area contributed by atoms with Crippen molar-refractivity contribution >= 4 is 39.2 Å². The molecule has 0 bridgehead atoms. The van der Waals surface area contributed by atoms with Crippen LogP contribution < -0.4 is 5.32 Å². The van der Waals surface area contributed by atoms with Crippen LogP contribution in [-0.4, -0.2) is 16.2 Å². The van der Waals surface area contributed by atoms with Crippen molar-refractivity contribution in [1.82, 2.24) is 4.57 Å². The molecule has 62 heavy (non-hydrogen) atoms. The van der Waals surface area contributed by atoms with Gasteiger partial charge in [-0.25, -0.2) is 4.99 Å². The molecule has 9 rings (SSSR count). The Labute approximate surface area is 359 Å². The first-order chi connectivity index (χ1) is 29.9. The second-order valence-electron chi connectivity index (χ2n) is 16.0. The maximum absolute atomic E-state index is 14.7. The van der Waals surface area contributed by atoms with Crippen LogP contribution in [0.2, 0.25) is 0 Å². The largest absolute Gasteiger partial charge is 0.417 e. The van der Waals surface area contributed by atoms with E-state index < -0.39 is 11.7 Å². The maximum atomic E-state index is 14.7. The number of amidine groups is 2. The molecule has 0 aliphatic rings. The first kappa shape index (κ1) is 39.9. The van der Waals surface area contributed by atoms with Crippen molar-refractivity contribution in [3.8, 4) is 39.1 Å². The molecule has 1 heterocycles. The average Bonchev–Trinajstić information content (AvgIpc) is 3.58. The number of aliphatic imine (C=N–C) groups is 1. The zero-order valence-corrected chi connectivity index (χ0v) is 34.8. The van der Waals surface area contributed by atoms with Gasteiger partial charge in [-0.1, -0.05) is 144 Å². The fraction of sp³-hybridized carbons (Fsp3) is 0.0909. The summed E-state index contributed by atoms with van der Waals surface area (Å²) in [7, 11) is 0. The molecule has 4 nitrogen and oxygen atoms in total. The third kappa shape index (κ3) is 7.93. The number of hydrogen-bond donors (Lipinski definition) is 2. The van der Waals surface area contributed by atoms with Gasteiger partial charge in [-0.2, -0.15) is 13.2 Å². The molecule has 0 radical (unpaired) electrons. The fourth-order valence-corrected chi connectivity index (χ4v) is 8.60. The van der Waals surface area contributed by atoms with Gasteiger partial charge in [-0.05, 0) is 116 Å². The fourth-order valence-electron chi connectivity index (χ4n) is 8.60. The Bertz CT molecular complexity index is 3050. The number of aryl methyl sites for hydroxylation is 4. The zero-order chi connectivity index (χ0) is 43.1. The van der Waals surface area contributed by atoms with Gasteiger partial charge in [-0.3, -0.25) is 5.41 Å². The highest BCUT2D eigenvalue weighted by Crippen LogP contribution is 2.41. The van der Waals surface area contributed by atoms with Gasteiger partial charge in [0.25, 0.3) is 0 Å². The van der Waals surface area contributed by atoms with Crippen molar-refractivity contribution in [2.75, 3.05) is 5.32 Å². The Morgan fingerprint density at radius 3 is 1.58 bits per heavy atom. The molecule has 0 amide bonds. The number of anilines is 1. The van der Waals surface area contributed by atoms with E-state index in [0.717, 1.165) is 61.4 Å². The van der Waals surface area contributed by atoms with E-state index in [1.165, 1.54) is 34.4 Å². The van der Waals surface area contributed by atoms with Gasteiger partial charge in [-0.15, -0.1) is 0 Å². The molecule has 2 N–H and O–H groups in total. The minimum atomic E-state index is -4.63. The van der Waals surface area contributed by atoms with Gasteiger partial charge in [0.05, 0.1) is 16.6 Å². The topological polar surface area (TPSA) is 53.2 Å². The maximum Gasteiger partial charge on any atom is 0.417 e. The lowest BCUT2D eigenvalue weighted by Gasteiger charge is -2.18. The quantitative estimate of drug-likeness (QED) is 0.122. The monoisotopic (exact) mass is 816 g/mol. The van der Waals surface area contributed by atoms with Crippen LogP contribution in [0.3, 0.4) is 0 Å². The SMILES string of the molecule is Cc1cc(C)cc(-c2ccc3c(c2)c2cc(-c4cc(C)cc(C)c4)ccc2n3-c2ccc(-c3ccccc3C(F)(F)F)c(C(=N)N=C(Nc3ccccc3)c3ccccc3)c2)c1. The van der Waals surface area contributed by atoms with E-state index in [9.17, 15) is 18.6 Å². The summed E-state index contributed by atoms with van der Waals surface area (Å²) in [6.07, 6.45) is -4.63. The number of fused-ring (bicyclic) bond motifs is 3. The van der Waals surface area contributed by atoms with E-state index in [0.29, 0.717) is 11.5 Å². The summed E-state index contributed by atoms with van der Waals surface area (Å²) in [6, 6.07) is 55.8. The Morgan fingerprint density at radius 1 is 0.516 bits per heavy atom. The van der Waals surface area contributed by atoms with E-state index in [1.807, 2.05) is 66.7 Å². The summed E-state index contributed by atoms with van der Waals surface area (Å²) in [6.45, 7) is 8.42. The third-order valence-electron chi connectivity index (χ3n) is 11.2. The normalized spacial score (nSPS) is 12.0. The second-order valence-corrected chi connectivity index (χ2v) is 16.0. The molecule has 0 fully saturated rings. The Balaban J connectivity index is 1.29. The number of nitrogens with zero attached hydrogens (tertiary/aromatic N) is 2. The lowest BCUT2D eigenvalue weighted by molar-refractivity contribution is -0.137. The molecule has 0 aliphatic heterocycles. The highest BCUT2D eigenvalue weighted by Gasteiger charge is 2.34. The molecular formula is C55H43F3N4. The van der Waals surface area contributed by atoms with Gasteiger partial charge >= 0.3 is 6.18 Å². The smallest absolute Gasteiger partial charge is 0.340 e. The van der Waals surface area contributed by atoms with Crippen molar-refractivity contribution < 1.29 is 13.2 Å². The van der Waals surface area contributed by atoms with E-state index in [1.54, 1.807) is 18.2 Å². The van der Waals surface area contributed by atoms with Crippen LogP contribution >= 0.6 is 0 Å². The first-order valence-corrected chi connectivity index (χ1v) is 20.5. The second kappa shape index (κ2) is 16.2. The summed E-state index contributed by atoms with van der Waals surface area (Å²) in [4.78, 5) is 4.85. The van der Waals surface area contributed by atoms with Crippen LogP contribution in [0.4, 0.5) is 18.9 Å². The van der Waals surface area contributed by atoms with Crippen LogP contribution in [0.25, 0.3) is 60.9 Å². The first-order valence-electron chi connectivity index (χ1n) is 20.5. The Kier molecular flexibility index (Phi) is 10.4. The van der Waals surface area contributed by atoms with Gasteiger partial charge in [0.15, 0.2) is 5.84 Å². The molecule has 0 aliphatic carbocycles. The number of hydrogen-bond acceptors (Lipinski definition) is 1. The van der Waals surface area contributed by atoms with Crippen molar-refractivity contribution in [3.63, 3.8) is 0 Å². The highest BCUT2D eigenvalue weighted by molar-refractivity contribution is 6.17. The van der Waals surface area contributed by atoms with Gasteiger partial charge in [0, 0.05) is 33.3 Å². The molecule has 9 aromatic rings. The predicted molar refractivity (Wildman–Crippen MR) is 251 cm³/mol. The summed E-state index contributed by atoms with van der Waals surface area (Å²) < 4.78 is 46.2. The van der Waals surface area contributed by atoms with Crippen LogP contribution in [0.15, 0.2) is 181 Å². The lowest BCUT2D eigenvalue weighted by atomic mass is 9.94. The molecule has 0 saturated heterocycles. The number of benzene rings is 8. The molecular weight excluding hydrogens is 774 g/mol. The number of rotatable bonds is 7. The molecule has 0 spiro atoms. The molecule has 1 aromatic heterocycles. The van der Waals surface area contributed by atoms with Crippen LogP contribution in [0, 0.1) is 33.1 Å². The number of para-hydroxylation sites is 1. The van der Waals surface area contributed by atoms with Crippen molar-refractivity contribution in [3.05, 3.63) is 215 Å². The molecule has 8 aromatic carbocycles. The van der Waals surface area contributed by atoms with E-state index in [4.69, 9.17) is 4.99 Å². The van der Waals surface area contributed by atoms with Crippen molar-refractivity contribution in [2.24, 2.45) is 4.99 Å². The van der Waals surface area contributed by atoms with Crippen LogP contribution in [0.5, 0.6) is 0 Å². The molecule has 304 valence electrons. The number of alkyl halides is 3. The average molecular weight is 817 g/mol. The van der Waals surface area contributed by atoms with Crippen molar-refractivity contribution in [1.29, 1.82) is 5.41 Å². The van der Waals surface area contributed by atoms with Crippen LogP contribution in [0.1, 0.15) is 38.9 Å². The molecule has 7 heteroatoms. The summed E-state index contributed by atoms with van der Waals surface area (Å²) in [5.41, 5.74) is 12.8. The van der Waals surface area contributed by atoms with Crippen LogP contribution in [-0.2, 0) is 6.18 Å². The predicted octanol–water partition coefficient (Wildman–Crippen LogP) is 14.9. The van der Waals surface area contributed by atoms with E-state index in [2.05, 4.69) is 110 Å². The number of halogens is 3. The van der Waals surface area contributed by atoms with E-state index >= 15 is 0 Å². The van der Waals surface area contributed by atoms with E-state index in [-0.39, 0.29) is 22.5 Å². The molecule has 0 atom stereocenters. The summed E-state index contributed by atoms with van der Waals surface area (Å²) in [5, 5.41) is 15.1. The number of nitrogens with one attached hydrogen (secondary N) is 2. The van der Waals surface area contributed by atoms with Gasteiger partial charge in [0.1, 0.15) is 5.84 Å². The standard InChI is InChI=1S/C55H43F3N4/c1-34-25-35(2)28-41(27-34)39-19-23-51-47(31-39)48-32-40(42-29-36(3)26-37(4)30-42)20-24-52(48)62(51)44-21-22-45(46-17-11-12-18-50(46)55(56,57)58)49(33-44)53(59)61-54(38-13-7-5-8-14-38)60-43-15-9-6-10-16-43/h5-33H,1-4H3,(H2,59,60,61). The van der Waals surface area contributed by atoms with Crippen molar-refractivity contribution in [2.45, 2.75) is 33.9 Å². The number of aromatic nitrogens is 1. The minimum Gasteiger partial charge on any atom is -0.340 e. The minimum absolute atomic E-state index is 0.0304. The summed E-state index contributed by atoms with van der Waals surface area (Å²) >= 11 is 0. The van der Waals surface area contributed by atoms with Gasteiger partial charge in [0.2, 0.25) is 0 Å². The Hall–Kier alpha value is -7.51. The van der Waals surface area contributed by atoms with Gasteiger partial charge < -0.3 is 9.88 Å². The Morgan fingerprint density at radius 2 is 1.03 bits per heavy atom. The highest BCUT2D eigenvalue weighted by atomic mass is 19.4. The third-order valence-corrected chi connectivity index (χ3v) is 11.2. The summed E-state index contributed by atoms with van der Waals surface area (Å²) in [5.74, 6) is 0.188. The lowest BCUT2D eigenvalue weighted by Crippen LogP contribution is -2.17. The zero-order valence-electron chi connectivity index (χ0n) is 34.8. The molecule has 0 saturated carbocycles.